The molecule has 34 heavy (non-hydrogen) atoms. The smallest absolute Gasteiger partial charge is 0.282 e. The molecule has 11 heteroatoms. The van der Waals surface area contributed by atoms with E-state index in [-0.39, 0.29) is 11.7 Å². The van der Waals surface area contributed by atoms with Crippen LogP contribution in [0.4, 0.5) is 4.39 Å². The summed E-state index contributed by atoms with van der Waals surface area (Å²) < 4.78 is 20.8. The number of thioether (sulfide) groups is 1. The summed E-state index contributed by atoms with van der Waals surface area (Å²) in [5.74, 6) is 1.38. The Hall–Kier alpha value is -3.05. The van der Waals surface area contributed by atoms with Crippen LogP contribution in [0.25, 0.3) is 11.6 Å². The number of carbonyl (C=O) groups excluding carboxylic acids is 1. The van der Waals surface area contributed by atoms with Crippen molar-refractivity contribution in [3.8, 4) is 11.6 Å². The molecule has 1 aromatic carbocycles. The maximum Gasteiger partial charge on any atom is 0.282 e. The van der Waals surface area contributed by atoms with Crippen LogP contribution in [-0.2, 0) is 12.3 Å². The molecule has 1 amide bonds. The fourth-order valence-electron chi connectivity index (χ4n) is 4.01. The molecular weight excluding hydrogens is 475 g/mol. The Morgan fingerprint density at radius 3 is 2.71 bits per heavy atom. The van der Waals surface area contributed by atoms with Gasteiger partial charge in [-0.05, 0) is 42.7 Å². The summed E-state index contributed by atoms with van der Waals surface area (Å²) in [5, 5.41) is 21.7. The molecule has 1 aliphatic rings. The number of benzene rings is 1. The Kier molecular flexibility index (Phi) is 7.00. The van der Waals surface area contributed by atoms with Gasteiger partial charge < -0.3 is 9.73 Å². The molecule has 0 bridgehead atoms. The summed E-state index contributed by atoms with van der Waals surface area (Å²) in [5.41, 5.74) is 0.810. The molecule has 1 saturated carbocycles. The van der Waals surface area contributed by atoms with Gasteiger partial charge in [0.1, 0.15) is 10.8 Å². The van der Waals surface area contributed by atoms with Crippen molar-refractivity contribution in [2.24, 2.45) is 0 Å². The Balaban J connectivity index is 1.25. The van der Waals surface area contributed by atoms with E-state index in [1.54, 1.807) is 18.4 Å². The van der Waals surface area contributed by atoms with Crippen molar-refractivity contribution in [1.29, 1.82) is 0 Å². The van der Waals surface area contributed by atoms with Crippen LogP contribution in [0, 0.1) is 5.82 Å². The zero-order valence-corrected chi connectivity index (χ0v) is 19.9. The minimum absolute atomic E-state index is 0.294. The molecular formula is C23H23FN6O2S2. The fourth-order valence-corrected chi connectivity index (χ4v) is 5.76. The Bertz CT molecular complexity index is 1230. The number of amides is 1. The molecule has 0 atom stereocenters. The van der Waals surface area contributed by atoms with E-state index >= 15 is 0 Å². The summed E-state index contributed by atoms with van der Waals surface area (Å²) in [7, 11) is 0. The number of nitrogens with one attached hydrogen (secondary N) is 1. The standard InChI is InChI=1S/C23H23FN6O2S2/c24-16-10-8-15(9-11-16)13-25-21(31)22-28-26-19(34-22)14-33-23-29-27-20(18-7-4-12-32-18)30(23)17-5-2-1-3-6-17/h4,7-12,17H,1-3,5-6,13-14H2,(H,25,31). The predicted molar refractivity (Wildman–Crippen MR) is 127 cm³/mol. The number of nitrogens with zero attached hydrogens (tertiary/aromatic N) is 5. The van der Waals surface area contributed by atoms with Crippen molar-refractivity contribution in [3.63, 3.8) is 0 Å². The van der Waals surface area contributed by atoms with Crippen LogP contribution in [0.5, 0.6) is 0 Å². The van der Waals surface area contributed by atoms with Gasteiger partial charge in [0.25, 0.3) is 5.91 Å². The first-order valence-electron chi connectivity index (χ1n) is 11.1. The van der Waals surface area contributed by atoms with Crippen LogP contribution < -0.4 is 5.32 Å². The van der Waals surface area contributed by atoms with Gasteiger partial charge >= 0.3 is 0 Å². The third kappa shape index (κ3) is 5.20. The van der Waals surface area contributed by atoms with Crippen LogP contribution in [0.2, 0.25) is 0 Å². The number of aromatic nitrogens is 5. The van der Waals surface area contributed by atoms with Gasteiger partial charge in [0.05, 0.1) is 12.0 Å². The highest BCUT2D eigenvalue weighted by atomic mass is 32.2. The Labute approximate surface area is 204 Å². The fraction of sp³-hybridized carbons (Fsp3) is 0.348. The van der Waals surface area contributed by atoms with E-state index in [4.69, 9.17) is 4.42 Å². The second kappa shape index (κ2) is 10.5. The van der Waals surface area contributed by atoms with Gasteiger partial charge in [0, 0.05) is 12.6 Å². The predicted octanol–water partition coefficient (Wildman–Crippen LogP) is 5.26. The minimum atomic E-state index is -0.308. The highest BCUT2D eigenvalue weighted by molar-refractivity contribution is 7.98. The number of hydrogen-bond acceptors (Lipinski definition) is 8. The second-order valence-corrected chi connectivity index (χ2v) is 10.0. The van der Waals surface area contributed by atoms with Crippen molar-refractivity contribution in [1.82, 2.24) is 30.3 Å². The summed E-state index contributed by atoms with van der Waals surface area (Å²) in [4.78, 5) is 12.4. The van der Waals surface area contributed by atoms with E-state index < -0.39 is 0 Å². The highest BCUT2D eigenvalue weighted by Gasteiger charge is 2.25. The lowest BCUT2D eigenvalue weighted by Crippen LogP contribution is -2.22. The van der Waals surface area contributed by atoms with Gasteiger partial charge in [-0.15, -0.1) is 20.4 Å². The van der Waals surface area contributed by atoms with E-state index in [2.05, 4.69) is 30.3 Å². The number of carbonyl (C=O) groups is 1. The Morgan fingerprint density at radius 1 is 1.12 bits per heavy atom. The maximum absolute atomic E-state index is 13.0. The molecule has 0 aliphatic heterocycles. The average Bonchev–Trinajstić information content (AvgIpc) is 3.63. The largest absolute Gasteiger partial charge is 0.461 e. The van der Waals surface area contributed by atoms with Crippen LogP contribution in [0.1, 0.15) is 58.5 Å². The molecule has 1 fully saturated rings. The van der Waals surface area contributed by atoms with Crippen molar-refractivity contribution in [2.45, 2.75) is 55.6 Å². The molecule has 3 aromatic heterocycles. The van der Waals surface area contributed by atoms with E-state index in [1.807, 2.05) is 12.1 Å². The molecule has 0 saturated heterocycles. The van der Waals surface area contributed by atoms with E-state index in [9.17, 15) is 9.18 Å². The molecule has 1 aliphatic carbocycles. The maximum atomic E-state index is 13.0. The molecule has 3 heterocycles. The van der Waals surface area contributed by atoms with E-state index in [0.29, 0.717) is 29.1 Å². The van der Waals surface area contributed by atoms with Crippen molar-refractivity contribution >= 4 is 29.0 Å². The van der Waals surface area contributed by atoms with Gasteiger partial charge in [-0.2, -0.15) is 0 Å². The zero-order valence-electron chi connectivity index (χ0n) is 18.3. The first kappa shape index (κ1) is 22.7. The number of halogens is 1. The van der Waals surface area contributed by atoms with Gasteiger partial charge in [0.2, 0.25) is 10.8 Å². The van der Waals surface area contributed by atoms with Crippen LogP contribution in [0.3, 0.4) is 0 Å². The van der Waals surface area contributed by atoms with Gasteiger partial charge in [0.15, 0.2) is 10.9 Å². The average molecular weight is 499 g/mol. The Morgan fingerprint density at radius 2 is 1.94 bits per heavy atom. The van der Waals surface area contributed by atoms with Crippen LogP contribution >= 0.6 is 23.1 Å². The first-order valence-corrected chi connectivity index (χ1v) is 12.9. The van der Waals surface area contributed by atoms with Gasteiger partial charge in [-0.25, -0.2) is 4.39 Å². The van der Waals surface area contributed by atoms with Gasteiger partial charge in [-0.3, -0.25) is 9.36 Å². The van der Waals surface area contributed by atoms with Crippen molar-refractivity contribution in [2.75, 3.05) is 0 Å². The van der Waals surface area contributed by atoms with E-state index in [0.717, 1.165) is 34.4 Å². The summed E-state index contributed by atoms with van der Waals surface area (Å²) in [6, 6.07) is 10.1. The molecule has 176 valence electrons. The van der Waals surface area contributed by atoms with Crippen molar-refractivity contribution in [3.05, 3.63) is 64.1 Å². The molecule has 4 aromatic rings. The lowest BCUT2D eigenvalue weighted by atomic mass is 9.95. The molecule has 8 nitrogen and oxygen atoms in total. The first-order chi connectivity index (χ1) is 16.7. The quantitative estimate of drug-likeness (QED) is 0.331. The molecule has 0 radical (unpaired) electrons. The van der Waals surface area contributed by atoms with E-state index in [1.165, 1.54) is 54.5 Å². The number of hydrogen-bond donors (Lipinski definition) is 1. The molecule has 5 rings (SSSR count). The lowest BCUT2D eigenvalue weighted by molar-refractivity contribution is 0.0950. The zero-order chi connectivity index (χ0) is 23.3. The number of furan rings is 1. The summed E-state index contributed by atoms with van der Waals surface area (Å²) >= 11 is 2.79. The van der Waals surface area contributed by atoms with Gasteiger partial charge in [-0.1, -0.05) is 54.5 Å². The molecule has 0 unspecified atom stereocenters. The number of rotatable bonds is 8. The highest BCUT2D eigenvalue weighted by Crippen LogP contribution is 2.36. The van der Waals surface area contributed by atoms with Crippen molar-refractivity contribution < 1.29 is 13.6 Å². The van der Waals surface area contributed by atoms with Crippen LogP contribution in [0.15, 0.2) is 52.2 Å². The SMILES string of the molecule is O=C(NCc1ccc(F)cc1)c1nnc(CSc2nnc(-c3ccco3)n2C2CCCCC2)s1. The summed E-state index contributed by atoms with van der Waals surface area (Å²) in [6.07, 6.45) is 7.47. The summed E-state index contributed by atoms with van der Waals surface area (Å²) in [6.45, 7) is 0.294. The monoisotopic (exact) mass is 498 g/mol. The normalized spacial score (nSPS) is 14.4. The molecule has 1 N–H and O–H groups in total. The molecule has 0 spiro atoms. The second-order valence-electron chi connectivity index (χ2n) is 8.04. The topological polar surface area (TPSA) is 98.7 Å². The third-order valence-electron chi connectivity index (χ3n) is 5.70. The third-order valence-corrected chi connectivity index (χ3v) is 7.76. The minimum Gasteiger partial charge on any atom is -0.461 e. The lowest BCUT2D eigenvalue weighted by Gasteiger charge is -2.25. The van der Waals surface area contributed by atoms with Crippen LogP contribution in [-0.4, -0.2) is 30.9 Å².